The Kier molecular flexibility index (Phi) is 4.51. The molecule has 0 saturated carbocycles. The van der Waals surface area contributed by atoms with E-state index in [1.165, 1.54) is 9.13 Å². The van der Waals surface area contributed by atoms with Gasteiger partial charge in [-0.15, -0.1) is 0 Å². The molecule has 108 valence electrons. The molecule has 2 aromatic rings. The van der Waals surface area contributed by atoms with Gasteiger partial charge in [-0.25, -0.2) is 0 Å². The van der Waals surface area contributed by atoms with Crippen LogP contribution in [0.15, 0.2) is 36.7 Å². The molecule has 0 radical (unpaired) electrons. The van der Waals surface area contributed by atoms with Crippen LogP contribution in [0.25, 0.3) is 10.6 Å². The number of aromatic nitrogens is 2. The van der Waals surface area contributed by atoms with Gasteiger partial charge in [0.15, 0.2) is 12.1 Å². The van der Waals surface area contributed by atoms with Gasteiger partial charge in [0.05, 0.1) is 0 Å². The molecular formula is C12H6N4O2PtS2. The second-order valence-electron chi connectivity index (χ2n) is 3.93. The molecule has 0 saturated heterocycles. The van der Waals surface area contributed by atoms with Gasteiger partial charge < -0.3 is 19.8 Å². The zero-order chi connectivity index (χ0) is 14.3. The Morgan fingerprint density at radius 2 is 1.19 bits per heavy atom. The third-order valence-electron chi connectivity index (χ3n) is 2.74. The van der Waals surface area contributed by atoms with Gasteiger partial charge in [0, 0.05) is 9.98 Å². The van der Waals surface area contributed by atoms with Crippen molar-refractivity contribution in [1.29, 1.82) is 0 Å². The Balaban J connectivity index is 0.000000147. The first-order chi connectivity index (χ1) is 9.58. The van der Waals surface area contributed by atoms with Crippen LogP contribution in [0.5, 0.6) is 0 Å². The van der Waals surface area contributed by atoms with Crippen LogP contribution in [0.1, 0.15) is 11.4 Å². The number of rotatable bonds is 0. The first kappa shape index (κ1) is 15.8. The summed E-state index contributed by atoms with van der Waals surface area (Å²) in [6, 6.07) is 6.52. The third-order valence-corrected chi connectivity index (χ3v) is 3.34. The van der Waals surface area contributed by atoms with Crippen molar-refractivity contribution in [2.24, 2.45) is 0 Å². The zero-order valence-electron chi connectivity index (χ0n) is 10.2. The molecule has 0 N–H and O–H groups in total. The van der Waals surface area contributed by atoms with Crippen molar-refractivity contribution in [1.82, 2.24) is 9.13 Å². The Bertz CT molecular complexity index is 644. The molecule has 2 aromatic heterocycles. The summed E-state index contributed by atoms with van der Waals surface area (Å²) in [5, 5.41) is 7.14. The van der Waals surface area contributed by atoms with Gasteiger partial charge in [-0.05, 0) is 11.4 Å². The molecule has 0 atom stereocenters. The van der Waals surface area contributed by atoms with Crippen molar-refractivity contribution < 1.29 is 30.7 Å². The average molecular weight is 497 g/mol. The zero-order valence-corrected chi connectivity index (χ0v) is 14.1. The first-order valence-corrected chi connectivity index (χ1v) is 6.35. The van der Waals surface area contributed by atoms with Gasteiger partial charge >= 0.3 is 21.1 Å². The fourth-order valence-corrected chi connectivity index (χ4v) is 2.33. The summed E-state index contributed by atoms with van der Waals surface area (Å²) in [6.07, 6.45) is 3.31. The first-order valence-electron chi connectivity index (χ1n) is 5.53. The van der Waals surface area contributed by atoms with Crippen LogP contribution in [0.4, 0.5) is 9.59 Å². The van der Waals surface area contributed by atoms with E-state index in [0.717, 1.165) is 11.4 Å². The smallest absolute Gasteiger partial charge is 0.390 e. The van der Waals surface area contributed by atoms with Gasteiger partial charge in [-0.1, -0.05) is 61.1 Å². The van der Waals surface area contributed by atoms with E-state index >= 15 is 0 Å². The van der Waals surface area contributed by atoms with Gasteiger partial charge in [-0.3, -0.25) is 9.59 Å². The number of carbonyl (C=O) groups excluding carboxylic acids is 2. The largest absolute Gasteiger partial charge is 2.00 e. The van der Waals surface area contributed by atoms with Crippen molar-refractivity contribution in [2.45, 2.75) is 0 Å². The number of hydrogen-bond acceptors (Lipinski definition) is 4. The number of thiocarbonyl (C=S) groups is 2. The Hall–Kier alpha value is -1.63. The summed E-state index contributed by atoms with van der Waals surface area (Å²) in [5.41, 5.74) is 1.44. The average Bonchev–Trinajstić information content (AvgIpc) is 3.13. The summed E-state index contributed by atoms with van der Waals surface area (Å²) >= 11 is 9.59. The minimum Gasteiger partial charge on any atom is -0.390 e. The molecule has 0 unspecified atom stereocenters. The van der Waals surface area contributed by atoms with Crippen molar-refractivity contribution >= 4 is 46.5 Å². The molecule has 4 heterocycles. The van der Waals surface area contributed by atoms with E-state index in [1.807, 2.05) is 0 Å². The summed E-state index contributed by atoms with van der Waals surface area (Å²) in [4.78, 5) is 22.5. The Labute approximate surface area is 144 Å². The van der Waals surface area contributed by atoms with Gasteiger partial charge in [0.25, 0.3) is 0 Å². The molecule has 0 bridgehead atoms. The van der Waals surface area contributed by atoms with Crippen LogP contribution < -0.4 is 0 Å². The summed E-state index contributed by atoms with van der Waals surface area (Å²) in [6.45, 7) is 0. The molecule has 2 amide bonds. The number of amides is 2. The van der Waals surface area contributed by atoms with E-state index in [-0.39, 0.29) is 33.1 Å². The van der Waals surface area contributed by atoms with Gasteiger partial charge in [0.2, 0.25) is 0 Å². The molecule has 6 nitrogen and oxygen atoms in total. The molecule has 2 aliphatic rings. The number of fused-ring (bicyclic) bond motifs is 2. The predicted molar refractivity (Wildman–Crippen MR) is 80.6 cm³/mol. The van der Waals surface area contributed by atoms with E-state index in [0.29, 0.717) is 9.98 Å². The van der Waals surface area contributed by atoms with Gasteiger partial charge in [0.1, 0.15) is 0 Å². The second kappa shape index (κ2) is 6.01. The van der Waals surface area contributed by atoms with E-state index in [2.05, 4.69) is 10.6 Å². The maximum absolute atomic E-state index is 10.8. The maximum atomic E-state index is 10.8. The van der Waals surface area contributed by atoms with Gasteiger partial charge in [-0.2, -0.15) is 0 Å². The van der Waals surface area contributed by atoms with Crippen LogP contribution in [0.3, 0.4) is 0 Å². The molecule has 0 aromatic carbocycles. The summed E-state index contributed by atoms with van der Waals surface area (Å²) in [5.74, 6) is 0. The normalized spacial score (nSPS) is 14.5. The summed E-state index contributed by atoms with van der Waals surface area (Å²) < 4.78 is 2.87. The van der Waals surface area contributed by atoms with Crippen molar-refractivity contribution in [3.8, 4) is 0 Å². The van der Waals surface area contributed by atoms with Crippen LogP contribution in [-0.4, -0.2) is 31.2 Å². The van der Waals surface area contributed by atoms with E-state index in [4.69, 9.17) is 24.4 Å². The van der Waals surface area contributed by atoms with E-state index in [1.54, 1.807) is 36.7 Å². The molecule has 0 aliphatic carbocycles. The third kappa shape index (κ3) is 2.74. The van der Waals surface area contributed by atoms with Crippen LogP contribution in [-0.2, 0) is 21.1 Å². The molecule has 4 rings (SSSR count). The standard InChI is InChI=1S/2C6H4N2OS.Pt/c2*9-6-7-5(10)4-2-1-3-8(4)6;/h2*1-3H,(H,7,9,10);/q;;+2/p-2. The van der Waals surface area contributed by atoms with Crippen LogP contribution in [0, 0.1) is 0 Å². The topological polar surface area (TPSA) is 72.2 Å². The second-order valence-corrected chi connectivity index (χ2v) is 4.70. The summed E-state index contributed by atoms with van der Waals surface area (Å²) in [7, 11) is 0. The fraction of sp³-hybridized carbons (Fsp3) is 0. The van der Waals surface area contributed by atoms with Crippen molar-refractivity contribution in [3.05, 3.63) is 58.7 Å². The molecule has 0 fully saturated rings. The molecule has 21 heavy (non-hydrogen) atoms. The molecule has 0 spiro atoms. The maximum Gasteiger partial charge on any atom is 2.00 e. The quantitative estimate of drug-likeness (QED) is 0.525. The predicted octanol–water partition coefficient (Wildman–Crippen LogP) is 3.04. The number of carbonyl (C=O) groups is 2. The van der Waals surface area contributed by atoms with Crippen molar-refractivity contribution in [3.63, 3.8) is 0 Å². The molecular weight excluding hydrogens is 491 g/mol. The van der Waals surface area contributed by atoms with E-state index < -0.39 is 0 Å². The number of hydrogen-bond donors (Lipinski definition) is 0. The van der Waals surface area contributed by atoms with Crippen LogP contribution in [0.2, 0.25) is 0 Å². The van der Waals surface area contributed by atoms with Crippen LogP contribution >= 0.6 is 24.4 Å². The number of nitrogens with zero attached hydrogens (tertiary/aromatic N) is 4. The monoisotopic (exact) mass is 497 g/mol. The minimum atomic E-state index is -0.287. The Morgan fingerprint density at radius 3 is 1.52 bits per heavy atom. The Morgan fingerprint density at radius 1 is 0.810 bits per heavy atom. The molecule has 9 heteroatoms. The molecule has 2 aliphatic heterocycles. The van der Waals surface area contributed by atoms with E-state index in [9.17, 15) is 9.59 Å². The van der Waals surface area contributed by atoms with Crippen molar-refractivity contribution in [2.75, 3.05) is 0 Å². The minimum absolute atomic E-state index is 0. The fourth-order valence-electron chi connectivity index (χ4n) is 1.84. The SMILES string of the molecule is O=C1[N-]C(=S)c2cccn21.O=C1[N-]C(=S)c2cccn21.[Pt+2].